The van der Waals surface area contributed by atoms with Gasteiger partial charge in [0.05, 0.1) is 0 Å². The molecule has 0 heterocycles. The summed E-state index contributed by atoms with van der Waals surface area (Å²) in [7, 11) is 0. The standard InChI is InChI=1S/C3H5O.C2H4O2.Zn/c1-3(2)4;1-2(3)4;/h1H2,2H3;1H3,(H,3,4);/q;;+1/p-1. The fourth-order valence-electron chi connectivity index (χ4n) is 0. The molecule has 9 heavy (non-hydrogen) atoms. The Morgan fingerprint density at radius 2 is 1.56 bits per heavy atom. The Balaban J connectivity index is 0. The number of carboxylic acids is 1. The predicted molar refractivity (Wildman–Crippen MR) is 26.2 cm³/mol. The number of hydrogen-bond donors (Lipinski definition) is 0. The zero-order valence-electron chi connectivity index (χ0n) is 5.64. The smallest absolute Gasteiger partial charge is 0.0383 e. The van der Waals surface area contributed by atoms with Crippen LogP contribution in [0, 0.1) is 0 Å². The second-order valence-electron chi connectivity index (χ2n) is 1.44. The van der Waals surface area contributed by atoms with E-state index in [4.69, 9.17) is 9.90 Å². The van der Waals surface area contributed by atoms with Crippen molar-refractivity contribution in [3.63, 3.8) is 0 Å². The Morgan fingerprint density at radius 1 is 1.44 bits per heavy atom. The van der Waals surface area contributed by atoms with Gasteiger partial charge in [-0.05, 0) is 6.92 Å². The van der Waals surface area contributed by atoms with Crippen LogP contribution in [0.3, 0.4) is 0 Å². The minimum Gasteiger partial charge on any atom is -0.550 e. The van der Waals surface area contributed by atoms with Crippen molar-refractivity contribution in [2.75, 3.05) is 0 Å². The number of carboxylic acid groups (broad SMARTS) is 1. The van der Waals surface area contributed by atoms with Crippen LogP contribution in [0.1, 0.15) is 13.8 Å². The minimum atomic E-state index is -1.08. The van der Waals surface area contributed by atoms with E-state index in [1.165, 1.54) is 0 Å². The van der Waals surface area contributed by atoms with Crippen molar-refractivity contribution in [3.05, 3.63) is 0 Å². The van der Waals surface area contributed by atoms with Gasteiger partial charge in [-0.3, -0.25) is 0 Å². The van der Waals surface area contributed by atoms with Crippen LogP contribution in [0.5, 0.6) is 0 Å². The maximum atomic E-state index is 9.84. The average molecular weight is 182 g/mol. The average Bonchev–Trinajstić information content (AvgIpc) is 1.65. The molecule has 0 aromatic carbocycles. The minimum absolute atomic E-state index is 0.310. The first-order valence-electron chi connectivity index (χ1n) is 2.47. The summed E-state index contributed by atoms with van der Waals surface area (Å²) in [6, 6.07) is 0. The van der Waals surface area contributed by atoms with E-state index >= 15 is 0 Å². The third kappa shape index (κ3) is 82.9. The molecule has 0 bridgehead atoms. The molecule has 0 aromatic rings. The Hall–Kier alpha value is -0.237. The summed E-state index contributed by atoms with van der Waals surface area (Å²) in [5.74, 6) is -0.773. The van der Waals surface area contributed by atoms with E-state index in [1.807, 2.05) is 0 Å². The molecule has 0 saturated carbocycles. The molecule has 0 radical (unpaired) electrons. The molecule has 0 atom stereocenters. The molecular weight excluding hydrogens is 173 g/mol. The summed E-state index contributed by atoms with van der Waals surface area (Å²) in [4.78, 5) is 18.7. The predicted octanol–water partition coefficient (Wildman–Crippen LogP) is -0.703. The number of ketones is 1. The second kappa shape index (κ2) is 7.76. The quantitative estimate of drug-likeness (QED) is 0.503. The van der Waals surface area contributed by atoms with Crippen LogP contribution < -0.4 is 5.11 Å². The normalized spacial score (nSPS) is 7.11. The zero-order valence-corrected chi connectivity index (χ0v) is 8.61. The fourth-order valence-corrected chi connectivity index (χ4v) is 0. The van der Waals surface area contributed by atoms with Crippen LogP contribution in [-0.2, 0) is 27.9 Å². The van der Waals surface area contributed by atoms with Gasteiger partial charge in [-0.2, -0.15) is 0 Å². The number of hydrogen-bond acceptors (Lipinski definition) is 3. The van der Waals surface area contributed by atoms with Gasteiger partial charge < -0.3 is 9.90 Å². The molecule has 48 valence electrons. The molecular formula is C5H8O3Zn. The van der Waals surface area contributed by atoms with E-state index in [1.54, 1.807) is 6.92 Å². The van der Waals surface area contributed by atoms with Crippen molar-refractivity contribution in [1.29, 1.82) is 0 Å². The Bertz CT molecular complexity index is 96.4. The van der Waals surface area contributed by atoms with E-state index < -0.39 is 5.97 Å². The summed E-state index contributed by atoms with van der Waals surface area (Å²) >= 11 is 1.11. The van der Waals surface area contributed by atoms with E-state index in [0.29, 0.717) is 5.78 Å². The molecule has 0 N–H and O–H groups in total. The molecule has 0 aliphatic carbocycles. The molecule has 0 amide bonds. The molecule has 3 nitrogen and oxygen atoms in total. The molecule has 0 saturated heterocycles. The molecule has 0 spiro atoms. The van der Waals surface area contributed by atoms with Crippen LogP contribution in [0.15, 0.2) is 0 Å². The van der Waals surface area contributed by atoms with Gasteiger partial charge in [0.25, 0.3) is 0 Å². The summed E-state index contributed by atoms with van der Waals surface area (Å²) in [5, 5.41) is 9.68. The summed E-state index contributed by atoms with van der Waals surface area (Å²) in [6.45, 7) is 2.59. The summed E-state index contributed by atoms with van der Waals surface area (Å²) in [5.41, 5.74) is 0. The Labute approximate surface area is 64.1 Å². The number of carbonyl (C=O) groups is 2. The fraction of sp³-hybridized carbons (Fsp3) is 0.600. The van der Waals surface area contributed by atoms with E-state index in [9.17, 15) is 4.79 Å². The van der Waals surface area contributed by atoms with Crippen molar-refractivity contribution in [1.82, 2.24) is 0 Å². The molecule has 0 aromatic heterocycles. The van der Waals surface area contributed by atoms with Crippen molar-refractivity contribution in [2.24, 2.45) is 0 Å². The summed E-state index contributed by atoms with van der Waals surface area (Å²) in [6.07, 6.45) is 0. The van der Waals surface area contributed by atoms with Gasteiger partial charge in [0, 0.05) is 5.97 Å². The van der Waals surface area contributed by atoms with Gasteiger partial charge in [0.15, 0.2) is 0 Å². The van der Waals surface area contributed by atoms with Crippen LogP contribution in [0.2, 0.25) is 5.02 Å². The van der Waals surface area contributed by atoms with Gasteiger partial charge in [-0.1, -0.05) is 0 Å². The molecule has 0 unspecified atom stereocenters. The first-order valence-corrected chi connectivity index (χ1v) is 4.56. The van der Waals surface area contributed by atoms with Gasteiger partial charge >= 0.3 is 40.8 Å². The van der Waals surface area contributed by atoms with Crippen molar-refractivity contribution >= 4 is 11.8 Å². The topological polar surface area (TPSA) is 57.2 Å². The molecule has 0 rings (SSSR count). The first kappa shape index (κ1) is 11.5. The SMILES string of the molecule is CC(=O)[CH2][Zn+].CC(=O)[O-]. The first-order chi connectivity index (χ1) is 4.00. The van der Waals surface area contributed by atoms with Gasteiger partial charge in [-0.15, -0.1) is 0 Å². The van der Waals surface area contributed by atoms with Gasteiger partial charge in [-0.25, -0.2) is 0 Å². The van der Waals surface area contributed by atoms with E-state index in [-0.39, 0.29) is 0 Å². The largest absolute Gasteiger partial charge is 0.550 e. The number of Topliss-reactive ketones (excluding diaryl/α,β-unsaturated/α-hetero) is 1. The van der Waals surface area contributed by atoms with E-state index in [0.717, 1.165) is 30.2 Å². The zero-order chi connectivity index (χ0) is 7.86. The number of aliphatic carboxylic acids is 1. The third-order valence-electron chi connectivity index (χ3n) is 0.352. The molecule has 0 fully saturated rings. The Kier molecular flexibility index (Phi) is 9.96. The van der Waals surface area contributed by atoms with Gasteiger partial charge in [0.2, 0.25) is 0 Å². The molecule has 4 heteroatoms. The maximum Gasteiger partial charge on any atom is 0.0383 e. The van der Waals surface area contributed by atoms with Crippen molar-refractivity contribution in [3.8, 4) is 0 Å². The van der Waals surface area contributed by atoms with Crippen LogP contribution in [-0.4, -0.2) is 11.8 Å². The monoisotopic (exact) mass is 180 g/mol. The third-order valence-corrected chi connectivity index (χ3v) is 1.83. The van der Waals surface area contributed by atoms with Crippen LogP contribution in [0.25, 0.3) is 0 Å². The Morgan fingerprint density at radius 3 is 1.56 bits per heavy atom. The van der Waals surface area contributed by atoms with Crippen LogP contribution >= 0.6 is 0 Å². The summed E-state index contributed by atoms with van der Waals surface area (Å²) < 4.78 is 0. The maximum absolute atomic E-state index is 9.84. The molecule has 0 aliphatic rings. The van der Waals surface area contributed by atoms with Crippen LogP contribution in [0.4, 0.5) is 0 Å². The van der Waals surface area contributed by atoms with E-state index in [2.05, 4.69) is 0 Å². The number of carbonyl (C=O) groups excluding carboxylic acids is 2. The van der Waals surface area contributed by atoms with Gasteiger partial charge in [0.1, 0.15) is 0 Å². The van der Waals surface area contributed by atoms with Crippen molar-refractivity contribution < 1.29 is 33.0 Å². The van der Waals surface area contributed by atoms with Crippen molar-refractivity contribution in [2.45, 2.75) is 18.9 Å². The molecule has 0 aliphatic heterocycles. The second-order valence-corrected chi connectivity index (χ2v) is 2.49. The number of rotatable bonds is 1.